The van der Waals surface area contributed by atoms with Crippen molar-refractivity contribution in [3.63, 3.8) is 0 Å². The summed E-state index contributed by atoms with van der Waals surface area (Å²) in [6.07, 6.45) is 0. The van der Waals surface area contributed by atoms with Crippen molar-refractivity contribution in [2.75, 3.05) is 17.6 Å². The molecule has 0 bridgehead atoms. The van der Waals surface area contributed by atoms with Crippen LogP contribution >= 0.6 is 11.3 Å². The molecule has 108 valence electrons. The van der Waals surface area contributed by atoms with Gasteiger partial charge in [-0.1, -0.05) is 0 Å². The SMILES string of the molecule is Cc1nc2cc(NCC(=O)NC(C)(C)C)c(N)cc2s1. The highest BCUT2D eigenvalue weighted by Gasteiger charge is 2.14. The second-order valence-electron chi connectivity index (χ2n) is 5.79. The number of carbonyl (C=O) groups excluding carboxylic acids is 1. The van der Waals surface area contributed by atoms with Crippen molar-refractivity contribution in [2.45, 2.75) is 33.2 Å². The summed E-state index contributed by atoms with van der Waals surface area (Å²) in [6.45, 7) is 8.00. The van der Waals surface area contributed by atoms with Crippen LogP contribution in [0.5, 0.6) is 0 Å². The van der Waals surface area contributed by atoms with Crippen LogP contribution in [0.3, 0.4) is 0 Å². The van der Waals surface area contributed by atoms with E-state index in [0.717, 1.165) is 20.9 Å². The van der Waals surface area contributed by atoms with Crippen molar-refractivity contribution >= 4 is 38.8 Å². The zero-order chi connectivity index (χ0) is 14.9. The molecule has 0 unspecified atom stereocenters. The van der Waals surface area contributed by atoms with Crippen LogP contribution in [-0.4, -0.2) is 23.0 Å². The minimum atomic E-state index is -0.236. The number of aryl methyl sites for hydroxylation is 1. The molecule has 0 fully saturated rings. The van der Waals surface area contributed by atoms with Gasteiger partial charge in [0.05, 0.1) is 33.1 Å². The van der Waals surface area contributed by atoms with E-state index in [1.807, 2.05) is 39.8 Å². The monoisotopic (exact) mass is 292 g/mol. The maximum absolute atomic E-state index is 11.8. The van der Waals surface area contributed by atoms with Gasteiger partial charge in [0.15, 0.2) is 0 Å². The van der Waals surface area contributed by atoms with Gasteiger partial charge < -0.3 is 16.4 Å². The molecule has 0 aliphatic carbocycles. The van der Waals surface area contributed by atoms with Crippen LogP contribution in [0.1, 0.15) is 25.8 Å². The predicted octanol–water partition coefficient (Wildman–Crippen LogP) is 2.51. The van der Waals surface area contributed by atoms with Crippen molar-refractivity contribution in [3.05, 3.63) is 17.1 Å². The molecule has 1 aromatic carbocycles. The van der Waals surface area contributed by atoms with E-state index in [-0.39, 0.29) is 18.0 Å². The summed E-state index contributed by atoms with van der Waals surface area (Å²) in [7, 11) is 0. The Morgan fingerprint density at radius 2 is 2.10 bits per heavy atom. The average Bonchev–Trinajstić information content (AvgIpc) is 2.62. The Morgan fingerprint density at radius 1 is 1.40 bits per heavy atom. The highest BCUT2D eigenvalue weighted by atomic mass is 32.1. The fourth-order valence-electron chi connectivity index (χ4n) is 1.90. The van der Waals surface area contributed by atoms with Crippen LogP contribution in [0.15, 0.2) is 12.1 Å². The number of nitrogens with one attached hydrogen (secondary N) is 2. The molecule has 6 heteroatoms. The molecule has 0 radical (unpaired) electrons. The van der Waals surface area contributed by atoms with Gasteiger partial charge in [0.2, 0.25) is 5.91 Å². The predicted molar refractivity (Wildman–Crippen MR) is 85.2 cm³/mol. The van der Waals surface area contributed by atoms with Gasteiger partial charge >= 0.3 is 0 Å². The van der Waals surface area contributed by atoms with E-state index in [2.05, 4.69) is 15.6 Å². The first kappa shape index (κ1) is 14.6. The number of carbonyl (C=O) groups is 1. The number of hydrogen-bond donors (Lipinski definition) is 3. The molecular weight excluding hydrogens is 272 g/mol. The number of benzene rings is 1. The molecule has 2 aromatic rings. The van der Waals surface area contributed by atoms with Gasteiger partial charge in [-0.3, -0.25) is 4.79 Å². The molecule has 0 spiro atoms. The molecular formula is C14H20N4OS. The third kappa shape index (κ3) is 3.60. The second-order valence-corrected chi connectivity index (χ2v) is 7.03. The van der Waals surface area contributed by atoms with Gasteiger partial charge in [-0.15, -0.1) is 11.3 Å². The van der Waals surface area contributed by atoms with Crippen molar-refractivity contribution in [1.29, 1.82) is 0 Å². The quantitative estimate of drug-likeness (QED) is 0.759. The molecule has 2 rings (SSSR count). The molecule has 5 nitrogen and oxygen atoms in total. The first-order chi connectivity index (χ1) is 9.24. The van der Waals surface area contributed by atoms with Crippen LogP contribution < -0.4 is 16.4 Å². The molecule has 0 saturated heterocycles. The van der Waals surface area contributed by atoms with Crippen molar-refractivity contribution in [3.8, 4) is 0 Å². The van der Waals surface area contributed by atoms with E-state index >= 15 is 0 Å². The van der Waals surface area contributed by atoms with Gasteiger partial charge in [0.1, 0.15) is 0 Å². The Balaban J connectivity index is 2.09. The van der Waals surface area contributed by atoms with Crippen LogP contribution in [0.4, 0.5) is 11.4 Å². The average molecular weight is 292 g/mol. The summed E-state index contributed by atoms with van der Waals surface area (Å²) in [6, 6.07) is 3.78. The third-order valence-electron chi connectivity index (χ3n) is 2.62. The van der Waals surface area contributed by atoms with Gasteiger partial charge in [-0.05, 0) is 39.8 Å². The van der Waals surface area contributed by atoms with Gasteiger partial charge in [0.25, 0.3) is 0 Å². The van der Waals surface area contributed by atoms with E-state index in [1.54, 1.807) is 11.3 Å². The molecule has 1 heterocycles. The molecule has 20 heavy (non-hydrogen) atoms. The summed E-state index contributed by atoms with van der Waals surface area (Å²) < 4.78 is 1.06. The normalized spacial score (nSPS) is 11.6. The van der Waals surface area contributed by atoms with E-state index in [0.29, 0.717) is 5.69 Å². The zero-order valence-corrected chi connectivity index (χ0v) is 13.0. The summed E-state index contributed by atoms with van der Waals surface area (Å²) in [5.74, 6) is -0.0635. The Bertz CT molecular complexity index is 642. The topological polar surface area (TPSA) is 80.0 Å². The molecule has 1 amide bonds. The molecule has 0 aliphatic rings. The fraction of sp³-hybridized carbons (Fsp3) is 0.429. The first-order valence-electron chi connectivity index (χ1n) is 6.46. The summed E-state index contributed by atoms with van der Waals surface area (Å²) in [5.41, 5.74) is 8.03. The number of aromatic nitrogens is 1. The van der Waals surface area contributed by atoms with E-state index in [4.69, 9.17) is 5.73 Å². The van der Waals surface area contributed by atoms with E-state index in [9.17, 15) is 4.79 Å². The first-order valence-corrected chi connectivity index (χ1v) is 7.28. The van der Waals surface area contributed by atoms with Crippen molar-refractivity contribution in [1.82, 2.24) is 10.3 Å². The number of amides is 1. The molecule has 1 aromatic heterocycles. The lowest BCUT2D eigenvalue weighted by atomic mass is 10.1. The van der Waals surface area contributed by atoms with E-state index in [1.165, 1.54) is 0 Å². The molecule has 4 N–H and O–H groups in total. The van der Waals surface area contributed by atoms with Crippen LogP contribution in [-0.2, 0) is 4.79 Å². The Kier molecular flexibility index (Phi) is 3.85. The number of nitrogens with zero attached hydrogens (tertiary/aromatic N) is 1. The molecule has 0 atom stereocenters. The highest BCUT2D eigenvalue weighted by molar-refractivity contribution is 7.18. The van der Waals surface area contributed by atoms with Crippen LogP contribution in [0, 0.1) is 6.92 Å². The van der Waals surface area contributed by atoms with Crippen molar-refractivity contribution < 1.29 is 4.79 Å². The number of thiazole rings is 1. The minimum absolute atomic E-state index is 0.0635. The Morgan fingerprint density at radius 3 is 2.75 bits per heavy atom. The Labute approximate surface area is 122 Å². The van der Waals surface area contributed by atoms with Crippen LogP contribution in [0.25, 0.3) is 10.2 Å². The lowest BCUT2D eigenvalue weighted by Gasteiger charge is -2.21. The molecule has 0 aliphatic heterocycles. The maximum Gasteiger partial charge on any atom is 0.239 e. The van der Waals surface area contributed by atoms with Gasteiger partial charge in [-0.2, -0.15) is 0 Å². The number of rotatable bonds is 3. The molecule has 0 saturated carbocycles. The number of anilines is 2. The van der Waals surface area contributed by atoms with E-state index < -0.39 is 0 Å². The zero-order valence-electron chi connectivity index (χ0n) is 12.2. The number of nitrogens with two attached hydrogens (primary N) is 1. The lowest BCUT2D eigenvalue weighted by Crippen LogP contribution is -2.43. The fourth-order valence-corrected chi connectivity index (χ4v) is 2.75. The summed E-state index contributed by atoms with van der Waals surface area (Å²) in [5, 5.41) is 6.96. The number of nitrogen functional groups attached to an aromatic ring is 1. The number of fused-ring (bicyclic) bond motifs is 1. The summed E-state index contributed by atoms with van der Waals surface area (Å²) >= 11 is 1.61. The van der Waals surface area contributed by atoms with Crippen LogP contribution in [0.2, 0.25) is 0 Å². The summed E-state index contributed by atoms with van der Waals surface area (Å²) in [4.78, 5) is 16.2. The smallest absolute Gasteiger partial charge is 0.239 e. The second kappa shape index (κ2) is 5.28. The van der Waals surface area contributed by atoms with Crippen molar-refractivity contribution in [2.24, 2.45) is 0 Å². The Hall–Kier alpha value is -1.82. The largest absolute Gasteiger partial charge is 0.397 e. The third-order valence-corrected chi connectivity index (χ3v) is 3.55. The maximum atomic E-state index is 11.8. The highest BCUT2D eigenvalue weighted by Crippen LogP contribution is 2.29. The lowest BCUT2D eigenvalue weighted by molar-refractivity contribution is -0.120. The van der Waals surface area contributed by atoms with Gasteiger partial charge in [-0.25, -0.2) is 4.98 Å². The standard InChI is InChI=1S/C14H20N4OS/c1-8-17-11-6-10(9(15)5-12(11)20-8)16-7-13(19)18-14(2,3)4/h5-6,16H,7,15H2,1-4H3,(H,18,19). The number of hydrogen-bond acceptors (Lipinski definition) is 5. The minimum Gasteiger partial charge on any atom is -0.397 e. The van der Waals surface area contributed by atoms with Gasteiger partial charge in [0, 0.05) is 5.54 Å².